The Labute approximate surface area is 131 Å². The smallest absolute Gasteiger partial charge is 0.0434 e. The lowest BCUT2D eigenvalue weighted by Crippen LogP contribution is -2.22. The highest BCUT2D eigenvalue weighted by atomic mass is 15.1. The lowest BCUT2D eigenvalue weighted by molar-refractivity contribution is 0.800. The molecule has 0 aliphatic heterocycles. The Morgan fingerprint density at radius 2 is 1.23 bits per heavy atom. The third kappa shape index (κ3) is 3.67. The van der Waals surface area contributed by atoms with Crippen molar-refractivity contribution in [2.75, 3.05) is 10.6 Å². The summed E-state index contributed by atoms with van der Waals surface area (Å²) in [5.41, 5.74) is 10.5. The Kier molecular flexibility index (Phi) is 4.40. The average molecular weight is 288 g/mol. The van der Waals surface area contributed by atoms with Gasteiger partial charge < -0.3 is 10.6 Å². The lowest BCUT2D eigenvalue weighted by Gasteiger charge is -2.25. The molecular formula is C20H20N2. The van der Waals surface area contributed by atoms with E-state index in [4.69, 9.17) is 5.73 Å². The first-order valence-electron chi connectivity index (χ1n) is 7.49. The van der Waals surface area contributed by atoms with Gasteiger partial charge in [-0.15, -0.1) is 0 Å². The van der Waals surface area contributed by atoms with Crippen LogP contribution in [0, 0.1) is 0 Å². The fourth-order valence-electron chi connectivity index (χ4n) is 2.59. The van der Waals surface area contributed by atoms with Crippen LogP contribution in [0.2, 0.25) is 0 Å². The van der Waals surface area contributed by atoms with E-state index in [1.54, 1.807) is 0 Å². The van der Waals surface area contributed by atoms with Gasteiger partial charge in [0.1, 0.15) is 0 Å². The van der Waals surface area contributed by atoms with Crippen molar-refractivity contribution in [3.63, 3.8) is 0 Å². The standard InChI is InChI=1S/C20H20N2/c21-19-11-7-10-18(14-19)16-22(20-12-5-2-6-13-20)15-17-8-3-1-4-9-17/h1-14H,15-16,21H2. The summed E-state index contributed by atoms with van der Waals surface area (Å²) in [4.78, 5) is 2.37. The molecule has 3 rings (SSSR count). The molecule has 0 aliphatic rings. The summed E-state index contributed by atoms with van der Waals surface area (Å²) in [6.45, 7) is 1.71. The molecule has 0 saturated heterocycles. The quantitative estimate of drug-likeness (QED) is 0.702. The van der Waals surface area contributed by atoms with Crippen molar-refractivity contribution in [1.29, 1.82) is 0 Å². The highest BCUT2D eigenvalue weighted by Crippen LogP contribution is 2.20. The summed E-state index contributed by atoms with van der Waals surface area (Å²) in [5.74, 6) is 0. The van der Waals surface area contributed by atoms with E-state index >= 15 is 0 Å². The van der Waals surface area contributed by atoms with Gasteiger partial charge in [-0.1, -0.05) is 60.7 Å². The first-order chi connectivity index (χ1) is 10.8. The zero-order valence-corrected chi connectivity index (χ0v) is 12.5. The first-order valence-corrected chi connectivity index (χ1v) is 7.49. The average Bonchev–Trinajstić information content (AvgIpc) is 2.56. The molecule has 0 atom stereocenters. The molecule has 0 heterocycles. The second kappa shape index (κ2) is 6.81. The van der Waals surface area contributed by atoms with Crippen molar-refractivity contribution in [3.05, 3.63) is 96.1 Å². The van der Waals surface area contributed by atoms with Crippen LogP contribution in [0.4, 0.5) is 11.4 Å². The molecule has 0 spiro atoms. The Morgan fingerprint density at radius 3 is 1.91 bits per heavy atom. The summed E-state index contributed by atoms with van der Waals surface area (Å²) in [6, 6.07) is 29.1. The van der Waals surface area contributed by atoms with Crippen LogP contribution in [0.5, 0.6) is 0 Å². The third-order valence-corrected chi connectivity index (χ3v) is 3.66. The second-order valence-corrected chi connectivity index (χ2v) is 5.42. The van der Waals surface area contributed by atoms with Crippen molar-refractivity contribution in [3.8, 4) is 0 Å². The minimum Gasteiger partial charge on any atom is -0.399 e. The van der Waals surface area contributed by atoms with Gasteiger partial charge in [-0.05, 0) is 35.4 Å². The molecule has 110 valence electrons. The number of nitrogens with zero attached hydrogens (tertiary/aromatic N) is 1. The molecule has 3 aromatic carbocycles. The fraction of sp³-hybridized carbons (Fsp3) is 0.100. The van der Waals surface area contributed by atoms with Crippen LogP contribution in [0.1, 0.15) is 11.1 Å². The van der Waals surface area contributed by atoms with Crippen LogP contribution in [-0.2, 0) is 13.1 Å². The molecule has 0 fully saturated rings. The molecular weight excluding hydrogens is 268 g/mol. The number of nitrogens with two attached hydrogens (primary N) is 1. The molecule has 3 aromatic rings. The summed E-state index contributed by atoms with van der Waals surface area (Å²) in [7, 11) is 0. The largest absolute Gasteiger partial charge is 0.399 e. The fourth-order valence-corrected chi connectivity index (χ4v) is 2.59. The minimum absolute atomic E-state index is 0.810. The normalized spacial score (nSPS) is 10.4. The number of benzene rings is 3. The van der Waals surface area contributed by atoms with Crippen molar-refractivity contribution < 1.29 is 0 Å². The topological polar surface area (TPSA) is 29.3 Å². The van der Waals surface area contributed by atoms with E-state index < -0.39 is 0 Å². The van der Waals surface area contributed by atoms with Crippen molar-refractivity contribution in [2.24, 2.45) is 0 Å². The molecule has 0 bridgehead atoms. The van der Waals surface area contributed by atoms with E-state index in [9.17, 15) is 0 Å². The molecule has 0 aromatic heterocycles. The minimum atomic E-state index is 0.810. The van der Waals surface area contributed by atoms with E-state index in [-0.39, 0.29) is 0 Å². The molecule has 2 N–H and O–H groups in total. The Balaban J connectivity index is 1.86. The molecule has 2 nitrogen and oxygen atoms in total. The highest BCUT2D eigenvalue weighted by Gasteiger charge is 2.08. The van der Waals surface area contributed by atoms with Crippen LogP contribution in [0.15, 0.2) is 84.9 Å². The number of nitrogen functional groups attached to an aromatic ring is 1. The molecule has 0 amide bonds. The summed E-state index contributed by atoms with van der Waals surface area (Å²) in [6.07, 6.45) is 0. The third-order valence-electron chi connectivity index (χ3n) is 3.66. The van der Waals surface area contributed by atoms with E-state index in [0.29, 0.717) is 0 Å². The molecule has 0 radical (unpaired) electrons. The van der Waals surface area contributed by atoms with Gasteiger partial charge in [0.15, 0.2) is 0 Å². The van der Waals surface area contributed by atoms with Crippen LogP contribution in [-0.4, -0.2) is 0 Å². The zero-order valence-electron chi connectivity index (χ0n) is 12.5. The van der Waals surface area contributed by atoms with E-state index in [1.165, 1.54) is 16.8 Å². The number of para-hydroxylation sites is 1. The van der Waals surface area contributed by atoms with Gasteiger partial charge in [0.05, 0.1) is 0 Å². The van der Waals surface area contributed by atoms with E-state index in [2.05, 4.69) is 59.5 Å². The predicted molar refractivity (Wildman–Crippen MR) is 93.6 cm³/mol. The van der Waals surface area contributed by atoms with Crippen LogP contribution in [0.3, 0.4) is 0 Å². The Morgan fingerprint density at radius 1 is 0.636 bits per heavy atom. The number of rotatable bonds is 5. The van der Waals surface area contributed by atoms with Gasteiger partial charge >= 0.3 is 0 Å². The summed E-state index contributed by atoms with van der Waals surface area (Å²) < 4.78 is 0. The van der Waals surface area contributed by atoms with Crippen molar-refractivity contribution in [1.82, 2.24) is 0 Å². The second-order valence-electron chi connectivity index (χ2n) is 5.42. The van der Waals surface area contributed by atoms with Gasteiger partial charge in [0, 0.05) is 24.5 Å². The van der Waals surface area contributed by atoms with Crippen molar-refractivity contribution in [2.45, 2.75) is 13.1 Å². The maximum atomic E-state index is 5.91. The Hall–Kier alpha value is -2.74. The highest BCUT2D eigenvalue weighted by molar-refractivity contribution is 5.49. The summed E-state index contributed by atoms with van der Waals surface area (Å²) in [5, 5.41) is 0. The van der Waals surface area contributed by atoms with Crippen LogP contribution >= 0.6 is 0 Å². The molecule has 2 heteroatoms. The first kappa shape index (κ1) is 14.2. The van der Waals surface area contributed by atoms with Gasteiger partial charge in [-0.25, -0.2) is 0 Å². The van der Waals surface area contributed by atoms with Crippen LogP contribution < -0.4 is 10.6 Å². The summed E-state index contributed by atoms with van der Waals surface area (Å²) >= 11 is 0. The molecule has 0 aliphatic carbocycles. The Bertz CT molecular complexity index is 708. The SMILES string of the molecule is Nc1cccc(CN(Cc2ccccc2)c2ccccc2)c1. The van der Waals surface area contributed by atoms with Crippen molar-refractivity contribution >= 4 is 11.4 Å². The zero-order chi connectivity index (χ0) is 15.2. The molecule has 0 saturated carbocycles. The molecule has 0 unspecified atom stereocenters. The lowest BCUT2D eigenvalue weighted by atomic mass is 10.1. The van der Waals surface area contributed by atoms with Gasteiger partial charge in [0.2, 0.25) is 0 Å². The molecule has 22 heavy (non-hydrogen) atoms. The predicted octanol–water partition coefficient (Wildman–Crippen LogP) is 4.48. The number of hydrogen-bond donors (Lipinski definition) is 1. The van der Waals surface area contributed by atoms with Gasteiger partial charge in [0.25, 0.3) is 0 Å². The maximum Gasteiger partial charge on any atom is 0.0434 e. The monoisotopic (exact) mass is 288 g/mol. The number of hydrogen-bond acceptors (Lipinski definition) is 2. The van der Waals surface area contributed by atoms with Gasteiger partial charge in [-0.3, -0.25) is 0 Å². The van der Waals surface area contributed by atoms with Crippen LogP contribution in [0.25, 0.3) is 0 Å². The number of anilines is 2. The maximum absolute atomic E-state index is 5.91. The van der Waals surface area contributed by atoms with E-state index in [1.807, 2.05) is 30.3 Å². The van der Waals surface area contributed by atoms with Gasteiger partial charge in [-0.2, -0.15) is 0 Å². The van der Waals surface area contributed by atoms with E-state index in [0.717, 1.165) is 18.8 Å².